The third-order valence-electron chi connectivity index (χ3n) is 3.94. The Bertz CT molecular complexity index is 796. The fourth-order valence-electron chi connectivity index (χ4n) is 2.73. The van der Waals surface area contributed by atoms with Crippen LogP contribution in [0.15, 0.2) is 23.6 Å². The number of rotatable bonds is 6. The van der Waals surface area contributed by atoms with Gasteiger partial charge in [-0.3, -0.25) is 9.59 Å². The number of hydrogen-bond acceptors (Lipinski definition) is 6. The van der Waals surface area contributed by atoms with Crippen LogP contribution in [0.1, 0.15) is 28.3 Å². The minimum atomic E-state index is -0.286. The number of carbonyl (C=O) groups is 2. The number of carbonyl (C=O) groups excluding carboxylic acids is 2. The fourth-order valence-corrected chi connectivity index (χ4v) is 3.52. The van der Waals surface area contributed by atoms with Gasteiger partial charge in [0.25, 0.3) is 5.91 Å². The van der Waals surface area contributed by atoms with Crippen molar-refractivity contribution in [1.29, 1.82) is 0 Å². The van der Waals surface area contributed by atoms with Gasteiger partial charge in [-0.25, -0.2) is 4.98 Å². The molecule has 7 nitrogen and oxygen atoms in total. The number of nitrogens with zero attached hydrogens (tertiary/aromatic N) is 2. The monoisotopic (exact) mass is 396 g/mol. The molecule has 0 atom stereocenters. The van der Waals surface area contributed by atoms with E-state index in [1.807, 2.05) is 0 Å². The average molecular weight is 397 g/mol. The lowest BCUT2D eigenvalue weighted by molar-refractivity contribution is -0.117. The molecule has 1 fully saturated rings. The first kappa shape index (κ1) is 20.2. The second-order valence-corrected chi connectivity index (χ2v) is 6.60. The van der Waals surface area contributed by atoms with Crippen molar-refractivity contribution in [1.82, 2.24) is 4.98 Å². The number of benzene rings is 1. The largest absolute Gasteiger partial charge is 0.494 e. The van der Waals surface area contributed by atoms with E-state index in [-0.39, 0.29) is 24.2 Å². The van der Waals surface area contributed by atoms with Crippen molar-refractivity contribution in [3.63, 3.8) is 0 Å². The molecule has 9 heteroatoms. The maximum absolute atomic E-state index is 12.3. The Morgan fingerprint density at radius 1 is 1.46 bits per heavy atom. The van der Waals surface area contributed by atoms with Crippen molar-refractivity contribution in [3.8, 4) is 5.75 Å². The van der Waals surface area contributed by atoms with Crippen LogP contribution in [0.5, 0.6) is 5.75 Å². The first-order valence-corrected chi connectivity index (χ1v) is 8.94. The van der Waals surface area contributed by atoms with E-state index < -0.39 is 0 Å². The van der Waals surface area contributed by atoms with E-state index in [4.69, 9.17) is 10.5 Å². The summed E-state index contributed by atoms with van der Waals surface area (Å²) in [5.74, 6) is 0.353. The van der Waals surface area contributed by atoms with Gasteiger partial charge in [0.2, 0.25) is 5.91 Å². The van der Waals surface area contributed by atoms with Crippen LogP contribution in [0.4, 0.5) is 11.4 Å². The summed E-state index contributed by atoms with van der Waals surface area (Å²) in [6.07, 6.45) is 2.05. The Kier molecular flexibility index (Phi) is 6.96. The van der Waals surface area contributed by atoms with Gasteiger partial charge in [-0.15, -0.1) is 23.7 Å². The Balaban J connectivity index is 0.00000243. The number of nitrogens with two attached hydrogens (primary N) is 1. The molecule has 140 valence electrons. The van der Waals surface area contributed by atoms with E-state index in [2.05, 4.69) is 10.3 Å². The van der Waals surface area contributed by atoms with E-state index in [9.17, 15) is 9.59 Å². The molecule has 1 aliphatic rings. The Labute approximate surface area is 162 Å². The molecular weight excluding hydrogens is 376 g/mol. The second-order valence-electron chi connectivity index (χ2n) is 5.65. The van der Waals surface area contributed by atoms with Crippen LogP contribution >= 0.6 is 23.7 Å². The zero-order valence-corrected chi connectivity index (χ0v) is 16.0. The molecule has 2 aromatic rings. The highest BCUT2D eigenvalue weighted by atomic mass is 35.5. The van der Waals surface area contributed by atoms with Gasteiger partial charge in [-0.2, -0.15) is 0 Å². The minimum Gasteiger partial charge on any atom is -0.494 e. The lowest BCUT2D eigenvalue weighted by atomic mass is 10.2. The predicted octanol–water partition coefficient (Wildman–Crippen LogP) is 2.45. The molecule has 1 aliphatic heterocycles. The van der Waals surface area contributed by atoms with E-state index in [0.29, 0.717) is 43.1 Å². The number of ether oxygens (including phenoxy) is 1. The van der Waals surface area contributed by atoms with E-state index in [1.54, 1.807) is 35.6 Å². The third kappa shape index (κ3) is 4.32. The van der Waals surface area contributed by atoms with Crippen molar-refractivity contribution in [2.45, 2.75) is 19.3 Å². The van der Waals surface area contributed by atoms with Crippen LogP contribution in [0, 0.1) is 0 Å². The lowest BCUT2D eigenvalue weighted by Gasteiger charge is -2.19. The van der Waals surface area contributed by atoms with Crippen molar-refractivity contribution in [3.05, 3.63) is 34.3 Å². The zero-order valence-electron chi connectivity index (χ0n) is 14.4. The highest BCUT2D eigenvalue weighted by molar-refractivity contribution is 7.09. The van der Waals surface area contributed by atoms with Crippen molar-refractivity contribution >= 4 is 46.9 Å². The SMILES string of the molecule is COc1cc(NC(=O)c2csc(CCN)n2)ccc1N1CCCC1=O.Cl. The predicted molar refractivity (Wildman–Crippen MR) is 105 cm³/mol. The van der Waals surface area contributed by atoms with Gasteiger partial charge >= 0.3 is 0 Å². The van der Waals surface area contributed by atoms with Gasteiger partial charge in [0.05, 0.1) is 17.8 Å². The topological polar surface area (TPSA) is 97.5 Å². The number of methoxy groups -OCH3 is 1. The van der Waals surface area contributed by atoms with Gasteiger partial charge < -0.3 is 20.7 Å². The van der Waals surface area contributed by atoms with E-state index in [0.717, 1.165) is 17.1 Å². The van der Waals surface area contributed by atoms with Crippen LogP contribution in [-0.4, -0.2) is 37.0 Å². The molecule has 3 rings (SSSR count). The first-order valence-electron chi connectivity index (χ1n) is 8.06. The average Bonchev–Trinajstić information content (AvgIpc) is 3.24. The van der Waals surface area contributed by atoms with Crippen LogP contribution < -0.4 is 20.7 Å². The molecule has 26 heavy (non-hydrogen) atoms. The number of halogens is 1. The van der Waals surface area contributed by atoms with Crippen molar-refractivity contribution in [2.24, 2.45) is 5.73 Å². The maximum atomic E-state index is 12.3. The Hall–Kier alpha value is -2.16. The van der Waals surface area contributed by atoms with Crippen LogP contribution in [0.2, 0.25) is 0 Å². The number of thiazole rings is 1. The number of amides is 2. The number of hydrogen-bond donors (Lipinski definition) is 2. The molecule has 0 spiro atoms. The quantitative estimate of drug-likeness (QED) is 0.781. The number of nitrogens with one attached hydrogen (secondary N) is 1. The van der Waals surface area contributed by atoms with E-state index in [1.165, 1.54) is 11.3 Å². The second kappa shape index (κ2) is 8.98. The molecule has 1 aromatic heterocycles. The minimum absolute atomic E-state index is 0. The summed E-state index contributed by atoms with van der Waals surface area (Å²) in [7, 11) is 1.55. The van der Waals surface area contributed by atoms with Gasteiger partial charge in [0, 0.05) is 36.5 Å². The smallest absolute Gasteiger partial charge is 0.275 e. The summed E-state index contributed by atoms with van der Waals surface area (Å²) in [5, 5.41) is 5.37. The van der Waals surface area contributed by atoms with Gasteiger partial charge in [-0.05, 0) is 25.1 Å². The standard InChI is InChI=1S/C17H20N4O3S.ClH/c1-24-14-9-11(4-5-13(14)21-8-2-3-16(21)22)19-17(23)12-10-25-15(20-12)6-7-18;/h4-5,9-10H,2-3,6-8,18H2,1H3,(H,19,23);1H. The number of anilines is 2. The molecule has 2 amide bonds. The summed E-state index contributed by atoms with van der Waals surface area (Å²) >= 11 is 1.42. The highest BCUT2D eigenvalue weighted by Crippen LogP contribution is 2.34. The van der Waals surface area contributed by atoms with Crippen LogP contribution in [0.25, 0.3) is 0 Å². The number of aromatic nitrogens is 1. The van der Waals surface area contributed by atoms with E-state index >= 15 is 0 Å². The molecule has 3 N–H and O–H groups in total. The Morgan fingerprint density at radius 2 is 2.27 bits per heavy atom. The molecule has 0 bridgehead atoms. The summed E-state index contributed by atoms with van der Waals surface area (Å²) in [4.78, 5) is 30.2. The summed E-state index contributed by atoms with van der Waals surface area (Å²) in [6.45, 7) is 1.19. The molecule has 0 radical (unpaired) electrons. The molecular formula is C17H21ClN4O3S. The van der Waals surface area contributed by atoms with Gasteiger partial charge in [0.15, 0.2) is 0 Å². The molecule has 0 saturated carbocycles. The zero-order chi connectivity index (χ0) is 17.8. The van der Waals surface area contributed by atoms with Crippen molar-refractivity contribution in [2.75, 3.05) is 30.4 Å². The Morgan fingerprint density at radius 3 is 2.92 bits per heavy atom. The lowest BCUT2D eigenvalue weighted by Crippen LogP contribution is -2.24. The first-order chi connectivity index (χ1) is 12.1. The van der Waals surface area contributed by atoms with Crippen molar-refractivity contribution < 1.29 is 14.3 Å². The highest BCUT2D eigenvalue weighted by Gasteiger charge is 2.24. The molecule has 1 saturated heterocycles. The van der Waals surface area contributed by atoms with Crippen LogP contribution in [-0.2, 0) is 11.2 Å². The summed E-state index contributed by atoms with van der Waals surface area (Å²) in [6, 6.07) is 5.26. The summed E-state index contributed by atoms with van der Waals surface area (Å²) in [5.41, 5.74) is 7.18. The normalized spacial score (nSPS) is 13.5. The molecule has 1 aromatic carbocycles. The molecule has 0 unspecified atom stereocenters. The molecule has 0 aliphatic carbocycles. The van der Waals surface area contributed by atoms with Gasteiger partial charge in [0.1, 0.15) is 11.4 Å². The third-order valence-corrected chi connectivity index (χ3v) is 4.85. The van der Waals surface area contributed by atoms with Crippen LogP contribution in [0.3, 0.4) is 0 Å². The summed E-state index contributed by atoms with van der Waals surface area (Å²) < 4.78 is 5.40. The fraction of sp³-hybridized carbons (Fsp3) is 0.353. The maximum Gasteiger partial charge on any atom is 0.275 e. The van der Waals surface area contributed by atoms with Gasteiger partial charge in [-0.1, -0.05) is 0 Å². The molecule has 2 heterocycles.